The summed E-state index contributed by atoms with van der Waals surface area (Å²) in [5.74, 6) is -0.998. The quantitative estimate of drug-likeness (QED) is 0.794. The Bertz CT molecular complexity index is 545. The average Bonchev–Trinajstić information content (AvgIpc) is 2.41. The number of ether oxygens (including phenoxy) is 1. The highest BCUT2D eigenvalue weighted by molar-refractivity contribution is 5.85. The predicted molar refractivity (Wildman–Crippen MR) is 95.9 cm³/mol. The molecule has 1 heterocycles. The van der Waals surface area contributed by atoms with Gasteiger partial charge in [0.25, 0.3) is 0 Å². The summed E-state index contributed by atoms with van der Waals surface area (Å²) in [6.07, 6.45) is -4.83. The molecule has 9 heteroatoms. The van der Waals surface area contributed by atoms with Crippen molar-refractivity contribution in [3.05, 3.63) is 23.8 Å². The van der Waals surface area contributed by atoms with E-state index in [4.69, 9.17) is 0 Å². The van der Waals surface area contributed by atoms with Crippen LogP contribution < -0.4 is 10.1 Å². The zero-order valence-electron chi connectivity index (χ0n) is 14.4. The third kappa shape index (κ3) is 6.40. The molecule has 1 aromatic carbocycles. The molecule has 1 fully saturated rings. The van der Waals surface area contributed by atoms with Gasteiger partial charge in [-0.2, -0.15) is 0 Å². The number of alkyl halides is 3. The number of aromatic hydroxyl groups is 1. The van der Waals surface area contributed by atoms with Crippen molar-refractivity contribution in [1.82, 2.24) is 10.2 Å². The number of para-hydroxylation sites is 1. The zero-order valence-corrected chi connectivity index (χ0v) is 16.0. The maximum atomic E-state index is 12.5. The molecule has 0 unspecified atom stereocenters. The fourth-order valence-corrected chi connectivity index (χ4v) is 3.12. The van der Waals surface area contributed by atoms with E-state index in [0.29, 0.717) is 5.56 Å². The first kappa shape index (κ1) is 24.1. The highest BCUT2D eigenvalue weighted by atomic mass is 35.5. The van der Waals surface area contributed by atoms with Crippen LogP contribution in [-0.4, -0.2) is 42.5 Å². The Morgan fingerprint density at radius 2 is 1.68 bits per heavy atom. The van der Waals surface area contributed by atoms with Crippen LogP contribution in [0.2, 0.25) is 0 Å². The Morgan fingerprint density at radius 3 is 2.16 bits per heavy atom. The minimum Gasteiger partial charge on any atom is -0.504 e. The summed E-state index contributed by atoms with van der Waals surface area (Å²) in [6.45, 7) is 9.19. The fraction of sp³-hybridized carbons (Fsp3) is 0.625. The van der Waals surface area contributed by atoms with E-state index in [2.05, 4.69) is 15.0 Å². The van der Waals surface area contributed by atoms with E-state index in [1.807, 2.05) is 20.8 Å². The lowest BCUT2D eigenvalue weighted by atomic mass is 9.80. The maximum Gasteiger partial charge on any atom is 0.573 e. The summed E-state index contributed by atoms with van der Waals surface area (Å²) in [5.41, 5.74) is 0.201. The van der Waals surface area contributed by atoms with Gasteiger partial charge in [0.2, 0.25) is 0 Å². The van der Waals surface area contributed by atoms with E-state index in [9.17, 15) is 18.3 Å². The molecule has 1 aliphatic heterocycles. The minimum atomic E-state index is -4.83. The number of rotatable bonds is 3. The van der Waals surface area contributed by atoms with Gasteiger partial charge < -0.3 is 15.2 Å². The molecule has 146 valence electrons. The molecule has 1 aliphatic rings. The first-order chi connectivity index (χ1) is 10.6. The Morgan fingerprint density at radius 1 is 1.12 bits per heavy atom. The summed E-state index contributed by atoms with van der Waals surface area (Å²) in [6, 6.07) is 4.07. The first-order valence-electron chi connectivity index (χ1n) is 7.62. The van der Waals surface area contributed by atoms with Crippen molar-refractivity contribution in [2.24, 2.45) is 5.41 Å². The molecule has 25 heavy (non-hydrogen) atoms. The second-order valence-electron chi connectivity index (χ2n) is 6.80. The Hall–Kier alpha value is -0.890. The van der Waals surface area contributed by atoms with Crippen molar-refractivity contribution in [2.45, 2.75) is 33.2 Å². The Labute approximate surface area is 158 Å². The van der Waals surface area contributed by atoms with E-state index >= 15 is 0 Å². The molecule has 1 saturated heterocycles. The molecule has 0 bridgehead atoms. The van der Waals surface area contributed by atoms with E-state index in [1.54, 1.807) is 6.07 Å². The minimum absolute atomic E-state index is 0. The summed E-state index contributed by atoms with van der Waals surface area (Å²) in [7, 11) is 0. The van der Waals surface area contributed by atoms with E-state index in [0.717, 1.165) is 32.2 Å². The van der Waals surface area contributed by atoms with Crippen molar-refractivity contribution < 1.29 is 23.0 Å². The van der Waals surface area contributed by atoms with Gasteiger partial charge in [-0.25, -0.2) is 0 Å². The molecule has 2 N–H and O–H groups in total. The molecule has 0 amide bonds. The molecule has 0 aliphatic carbocycles. The van der Waals surface area contributed by atoms with Crippen LogP contribution in [0.4, 0.5) is 13.2 Å². The number of phenolic OH excluding ortho intramolecular Hbond substituents is 1. The molecule has 0 radical (unpaired) electrons. The lowest BCUT2D eigenvalue weighted by molar-refractivity contribution is -0.275. The van der Waals surface area contributed by atoms with Crippen molar-refractivity contribution in [3.63, 3.8) is 0 Å². The van der Waals surface area contributed by atoms with Crippen LogP contribution in [0.25, 0.3) is 0 Å². The molecule has 0 spiro atoms. The monoisotopic (exact) mass is 404 g/mol. The standard InChI is InChI=1S/C16H23F3N2O2.2ClH/c1-15(2,3)14(21-9-7-20-8-10-21)11-5-4-6-12(13(11)22)23-16(17,18)19;;/h4-6,14,20,22H,7-10H2,1-3H3;2*1H/t14-;;/m1../s1. The van der Waals surface area contributed by atoms with Crippen molar-refractivity contribution in [3.8, 4) is 11.5 Å². The van der Waals surface area contributed by atoms with Crippen LogP contribution >= 0.6 is 24.8 Å². The summed E-state index contributed by atoms with van der Waals surface area (Å²) in [4.78, 5) is 2.18. The second kappa shape index (κ2) is 9.16. The number of benzene rings is 1. The van der Waals surface area contributed by atoms with Crippen LogP contribution in [0.1, 0.15) is 32.4 Å². The molecule has 1 atom stereocenters. The number of phenols is 1. The van der Waals surface area contributed by atoms with Crippen molar-refractivity contribution >= 4 is 24.8 Å². The smallest absolute Gasteiger partial charge is 0.504 e. The van der Waals surface area contributed by atoms with Crippen LogP contribution in [-0.2, 0) is 0 Å². The van der Waals surface area contributed by atoms with Gasteiger partial charge in [-0.3, -0.25) is 4.90 Å². The van der Waals surface area contributed by atoms with Crippen LogP contribution in [0.15, 0.2) is 18.2 Å². The van der Waals surface area contributed by atoms with Crippen molar-refractivity contribution in [2.75, 3.05) is 26.2 Å². The number of nitrogens with zero attached hydrogens (tertiary/aromatic N) is 1. The van der Waals surface area contributed by atoms with Crippen LogP contribution in [0.3, 0.4) is 0 Å². The predicted octanol–water partition coefficient (Wildman–Crippen LogP) is 4.13. The van der Waals surface area contributed by atoms with Gasteiger partial charge >= 0.3 is 6.36 Å². The van der Waals surface area contributed by atoms with E-state index in [-0.39, 0.29) is 36.3 Å². The Kier molecular flexibility index (Phi) is 8.84. The second-order valence-corrected chi connectivity index (χ2v) is 6.80. The van der Waals surface area contributed by atoms with Gasteiger partial charge in [-0.1, -0.05) is 32.9 Å². The van der Waals surface area contributed by atoms with E-state index in [1.165, 1.54) is 6.07 Å². The van der Waals surface area contributed by atoms with Gasteiger partial charge in [0.15, 0.2) is 11.5 Å². The van der Waals surface area contributed by atoms with Crippen LogP contribution in [0.5, 0.6) is 11.5 Å². The molecule has 2 rings (SSSR count). The lowest BCUT2D eigenvalue weighted by Crippen LogP contribution is -2.48. The molecule has 0 saturated carbocycles. The lowest BCUT2D eigenvalue weighted by Gasteiger charge is -2.42. The van der Waals surface area contributed by atoms with E-state index < -0.39 is 17.9 Å². The Balaban J connectivity index is 0.00000288. The highest BCUT2D eigenvalue weighted by Crippen LogP contribution is 2.45. The molecule has 4 nitrogen and oxygen atoms in total. The average molecular weight is 405 g/mol. The SMILES string of the molecule is CC(C)(C)[C@@H](c1cccc(OC(F)(F)F)c1O)N1CCNCC1.Cl.Cl. The molecule has 1 aromatic rings. The summed E-state index contributed by atoms with van der Waals surface area (Å²) >= 11 is 0. The number of halogens is 5. The fourth-order valence-electron chi connectivity index (χ4n) is 3.12. The summed E-state index contributed by atoms with van der Waals surface area (Å²) < 4.78 is 41.4. The molecular weight excluding hydrogens is 380 g/mol. The largest absolute Gasteiger partial charge is 0.573 e. The number of piperazine rings is 1. The maximum absolute atomic E-state index is 12.5. The van der Waals surface area contributed by atoms with Crippen LogP contribution in [0, 0.1) is 5.41 Å². The third-order valence-corrected chi connectivity index (χ3v) is 3.89. The number of hydrogen-bond donors (Lipinski definition) is 2. The topological polar surface area (TPSA) is 44.7 Å². The third-order valence-electron chi connectivity index (χ3n) is 3.89. The van der Waals surface area contributed by atoms with Gasteiger partial charge in [0.1, 0.15) is 0 Å². The molecule has 0 aromatic heterocycles. The normalized spacial score (nSPS) is 17.2. The van der Waals surface area contributed by atoms with Gasteiger partial charge in [0, 0.05) is 37.8 Å². The van der Waals surface area contributed by atoms with Gasteiger partial charge in [0.05, 0.1) is 0 Å². The van der Waals surface area contributed by atoms with Gasteiger partial charge in [-0.05, 0) is 11.5 Å². The van der Waals surface area contributed by atoms with Crippen molar-refractivity contribution in [1.29, 1.82) is 0 Å². The zero-order chi connectivity index (χ0) is 17.3. The molecular formula is C16H25Cl2F3N2O2. The highest BCUT2D eigenvalue weighted by Gasteiger charge is 2.37. The van der Waals surface area contributed by atoms with Gasteiger partial charge in [-0.15, -0.1) is 38.0 Å². The number of hydrogen-bond acceptors (Lipinski definition) is 4. The summed E-state index contributed by atoms with van der Waals surface area (Å²) in [5, 5.41) is 13.6. The first-order valence-corrected chi connectivity index (χ1v) is 7.62. The number of nitrogens with one attached hydrogen (secondary N) is 1.